The van der Waals surface area contributed by atoms with Gasteiger partial charge in [0.15, 0.2) is 0 Å². The summed E-state index contributed by atoms with van der Waals surface area (Å²) in [5.74, 6) is 1.05. The number of rotatable bonds is 5. The summed E-state index contributed by atoms with van der Waals surface area (Å²) in [6, 6.07) is 12.2. The minimum Gasteiger partial charge on any atom is -0.493 e. The fourth-order valence-corrected chi connectivity index (χ4v) is 4.80. The number of nitrogens with one attached hydrogen (secondary N) is 1. The number of likely N-dealkylation sites (tertiary alicyclic amines) is 1. The molecule has 10 heteroatoms. The summed E-state index contributed by atoms with van der Waals surface area (Å²) in [6.45, 7) is 8.89. The van der Waals surface area contributed by atoms with E-state index in [1.807, 2.05) is 38.1 Å². The average Bonchev–Trinajstić information content (AvgIpc) is 2.94. The van der Waals surface area contributed by atoms with Crippen LogP contribution in [0.3, 0.4) is 0 Å². The number of hydrogen-bond donors (Lipinski definition) is 1. The van der Waals surface area contributed by atoms with Gasteiger partial charge in [0, 0.05) is 38.9 Å². The third-order valence-electron chi connectivity index (χ3n) is 7.25. The lowest BCUT2D eigenvalue weighted by molar-refractivity contribution is -0.156. The smallest absolute Gasteiger partial charge is 0.254 e. The molecule has 222 valence electrons. The zero-order valence-electron chi connectivity index (χ0n) is 24.8. The predicted molar refractivity (Wildman–Crippen MR) is 153 cm³/mol. The maximum Gasteiger partial charge on any atom is 0.254 e. The van der Waals surface area contributed by atoms with Crippen molar-refractivity contribution in [1.82, 2.24) is 15.1 Å². The monoisotopic (exact) mass is 567 g/mol. The second-order valence-electron chi connectivity index (χ2n) is 11.6. The van der Waals surface area contributed by atoms with E-state index in [9.17, 15) is 14.4 Å². The van der Waals surface area contributed by atoms with Crippen molar-refractivity contribution in [3.8, 4) is 17.2 Å². The molecule has 0 aliphatic carbocycles. The first-order valence-electron chi connectivity index (χ1n) is 14.0. The summed E-state index contributed by atoms with van der Waals surface area (Å²) in [7, 11) is 3.09. The fourth-order valence-electron chi connectivity index (χ4n) is 4.80. The van der Waals surface area contributed by atoms with Gasteiger partial charge < -0.3 is 34.1 Å². The van der Waals surface area contributed by atoms with E-state index < -0.39 is 11.7 Å². The third kappa shape index (κ3) is 7.77. The molecule has 1 fully saturated rings. The largest absolute Gasteiger partial charge is 0.493 e. The van der Waals surface area contributed by atoms with E-state index in [0.29, 0.717) is 54.8 Å². The van der Waals surface area contributed by atoms with Crippen molar-refractivity contribution in [3.05, 3.63) is 53.6 Å². The summed E-state index contributed by atoms with van der Waals surface area (Å²) >= 11 is 0. The Kier molecular flexibility index (Phi) is 9.55. The molecule has 4 bridgehead atoms. The molecule has 0 unspecified atom stereocenters. The molecular weight excluding hydrogens is 526 g/mol. The van der Waals surface area contributed by atoms with Gasteiger partial charge in [0.1, 0.15) is 22.8 Å². The standard InChI is InChI=1S/C31H41N3O7/c1-20(2)18-39-24-13-22-14-25(15-24)41-23-9-7-8-21(12-23)19-40-27-16-34(30(37)31(3,4)38-6)11-10-26(27)32-28(35)17-33(5)29(22)36/h7-9,12-15,20,26-27H,10-11,16-19H2,1-6H3,(H,32,35)/t26-,27-/m0/s1. The first kappa shape index (κ1) is 30.3. The van der Waals surface area contributed by atoms with Crippen molar-refractivity contribution in [2.75, 3.05) is 40.4 Å². The van der Waals surface area contributed by atoms with E-state index in [2.05, 4.69) is 5.32 Å². The highest BCUT2D eigenvalue weighted by molar-refractivity contribution is 5.97. The van der Waals surface area contributed by atoms with Gasteiger partial charge in [-0.3, -0.25) is 14.4 Å². The molecule has 10 nitrogen and oxygen atoms in total. The number of fused-ring (bicyclic) bond motifs is 5. The Morgan fingerprint density at radius 3 is 2.66 bits per heavy atom. The molecule has 0 radical (unpaired) electrons. The Hall–Kier alpha value is -3.63. The predicted octanol–water partition coefficient (Wildman–Crippen LogP) is 3.63. The van der Waals surface area contributed by atoms with Gasteiger partial charge in [0.2, 0.25) is 5.91 Å². The molecule has 0 spiro atoms. The molecular formula is C31H41N3O7. The van der Waals surface area contributed by atoms with Gasteiger partial charge in [-0.1, -0.05) is 26.0 Å². The van der Waals surface area contributed by atoms with Crippen molar-refractivity contribution in [3.63, 3.8) is 0 Å². The molecule has 2 aliphatic heterocycles. The zero-order chi connectivity index (χ0) is 29.7. The van der Waals surface area contributed by atoms with E-state index in [0.717, 1.165) is 5.56 Å². The van der Waals surface area contributed by atoms with Crippen LogP contribution >= 0.6 is 0 Å². The number of ether oxygens (including phenoxy) is 4. The van der Waals surface area contributed by atoms with E-state index in [4.69, 9.17) is 18.9 Å². The number of hydrogen-bond acceptors (Lipinski definition) is 7. The summed E-state index contributed by atoms with van der Waals surface area (Å²) < 4.78 is 23.8. The van der Waals surface area contributed by atoms with E-state index in [1.165, 1.54) is 12.0 Å². The lowest BCUT2D eigenvalue weighted by Crippen LogP contribution is -2.59. The second-order valence-corrected chi connectivity index (χ2v) is 11.6. The number of amides is 3. The highest BCUT2D eigenvalue weighted by Gasteiger charge is 2.39. The first-order chi connectivity index (χ1) is 19.4. The minimum atomic E-state index is -0.973. The van der Waals surface area contributed by atoms with Gasteiger partial charge >= 0.3 is 0 Å². The molecule has 41 heavy (non-hydrogen) atoms. The summed E-state index contributed by atoms with van der Waals surface area (Å²) in [6.07, 6.45) is 0.0395. The van der Waals surface area contributed by atoms with E-state index in [-0.39, 0.29) is 36.9 Å². The van der Waals surface area contributed by atoms with Crippen molar-refractivity contribution in [2.45, 2.75) is 58.5 Å². The van der Waals surface area contributed by atoms with Crippen molar-refractivity contribution in [1.29, 1.82) is 0 Å². The lowest BCUT2D eigenvalue weighted by atomic mass is 9.98. The maximum atomic E-state index is 13.4. The molecule has 2 aromatic rings. The van der Waals surface area contributed by atoms with E-state index >= 15 is 0 Å². The van der Waals surface area contributed by atoms with E-state index in [1.54, 1.807) is 44.0 Å². The number of nitrogens with zero attached hydrogens (tertiary/aromatic N) is 2. The first-order valence-corrected chi connectivity index (χ1v) is 14.0. The Bertz CT molecular complexity index is 1260. The van der Waals surface area contributed by atoms with Crippen LogP contribution in [0.5, 0.6) is 17.2 Å². The Balaban J connectivity index is 1.63. The van der Waals surface area contributed by atoms with Crippen LogP contribution in [0.1, 0.15) is 50.0 Å². The Morgan fingerprint density at radius 1 is 1.15 bits per heavy atom. The maximum absolute atomic E-state index is 13.4. The van der Waals surface area contributed by atoms with Crippen LogP contribution in [0.25, 0.3) is 0 Å². The fraction of sp³-hybridized carbons (Fsp3) is 0.516. The molecule has 0 saturated carbocycles. The van der Waals surface area contributed by atoms with Gasteiger partial charge in [-0.15, -0.1) is 0 Å². The molecule has 0 aromatic heterocycles. The van der Waals surface area contributed by atoms with Gasteiger partial charge in [-0.25, -0.2) is 0 Å². The minimum absolute atomic E-state index is 0.140. The number of benzene rings is 2. The zero-order valence-corrected chi connectivity index (χ0v) is 24.8. The van der Waals surface area contributed by atoms with Crippen LogP contribution in [0, 0.1) is 5.92 Å². The third-order valence-corrected chi connectivity index (χ3v) is 7.25. The molecule has 3 amide bonds. The van der Waals surface area contributed by atoms with Crippen LogP contribution in [-0.2, 0) is 25.7 Å². The quantitative estimate of drug-likeness (QED) is 0.588. The molecule has 4 rings (SSSR count). The number of carbonyl (C=O) groups is 3. The van der Waals surface area contributed by atoms with Gasteiger partial charge in [0.05, 0.1) is 31.9 Å². The molecule has 2 atom stereocenters. The highest BCUT2D eigenvalue weighted by Crippen LogP contribution is 2.30. The topological polar surface area (TPSA) is 107 Å². The average molecular weight is 568 g/mol. The van der Waals surface area contributed by atoms with Gasteiger partial charge in [0.25, 0.3) is 11.8 Å². The summed E-state index contributed by atoms with van der Waals surface area (Å²) in [5.41, 5.74) is 0.246. The SMILES string of the molecule is COC(C)(C)C(=O)N1CC[C@@H]2NC(=O)CN(C)C(=O)c3cc(OCC(C)C)cc(c3)Oc3cccc(c3)CO[C@H]2C1. The molecule has 1 saturated heterocycles. The molecule has 2 aromatic carbocycles. The highest BCUT2D eigenvalue weighted by atomic mass is 16.5. The molecule has 1 N–H and O–H groups in total. The van der Waals surface area contributed by atoms with Crippen molar-refractivity contribution < 1.29 is 33.3 Å². The molecule has 2 heterocycles. The van der Waals surface area contributed by atoms with Crippen LogP contribution in [-0.4, -0.2) is 85.7 Å². The van der Waals surface area contributed by atoms with Gasteiger partial charge in [-0.2, -0.15) is 0 Å². The molecule has 2 aliphatic rings. The van der Waals surface area contributed by atoms with Crippen LogP contribution in [0.4, 0.5) is 0 Å². The lowest BCUT2D eigenvalue weighted by Gasteiger charge is -2.41. The van der Waals surface area contributed by atoms with Gasteiger partial charge in [-0.05, 0) is 56.0 Å². The Labute approximate surface area is 241 Å². The Morgan fingerprint density at radius 2 is 1.93 bits per heavy atom. The number of carbonyl (C=O) groups excluding carboxylic acids is 3. The summed E-state index contributed by atoms with van der Waals surface area (Å²) in [5, 5.41) is 3.05. The van der Waals surface area contributed by atoms with Crippen LogP contribution < -0.4 is 14.8 Å². The number of methoxy groups -OCH3 is 1. The normalized spacial score (nSPS) is 20.3. The van der Waals surface area contributed by atoms with Crippen LogP contribution in [0.2, 0.25) is 0 Å². The van der Waals surface area contributed by atoms with Crippen molar-refractivity contribution >= 4 is 17.7 Å². The summed E-state index contributed by atoms with van der Waals surface area (Å²) in [4.78, 5) is 42.7. The number of likely N-dealkylation sites (N-methyl/N-ethyl adjacent to an activating group) is 1. The van der Waals surface area contributed by atoms with Crippen LogP contribution in [0.15, 0.2) is 42.5 Å². The second kappa shape index (κ2) is 12.9. The number of piperidine rings is 1. The van der Waals surface area contributed by atoms with Crippen molar-refractivity contribution in [2.24, 2.45) is 5.92 Å².